The minimum Gasteiger partial charge on any atom is -0.545 e. The van der Waals surface area contributed by atoms with Crippen molar-refractivity contribution in [2.75, 3.05) is 31.7 Å². The Morgan fingerprint density at radius 2 is 1.95 bits per heavy atom. The molecule has 0 saturated carbocycles. The van der Waals surface area contributed by atoms with E-state index in [0.717, 1.165) is 0 Å². The molecule has 0 radical (unpaired) electrons. The molecule has 1 aliphatic heterocycles. The third-order valence-electron chi connectivity index (χ3n) is 2.82. The van der Waals surface area contributed by atoms with Crippen LogP contribution in [-0.4, -0.2) is 38.3 Å². The van der Waals surface area contributed by atoms with Crippen LogP contribution in [0.15, 0.2) is 12.1 Å². The van der Waals surface area contributed by atoms with Crippen molar-refractivity contribution < 1.29 is 28.9 Å². The fourth-order valence-electron chi connectivity index (χ4n) is 1.86. The Labute approximate surface area is 121 Å². The van der Waals surface area contributed by atoms with E-state index < -0.39 is 11.9 Å². The zero-order chi connectivity index (χ0) is 15.2. The lowest BCUT2D eigenvalue weighted by Crippen LogP contribution is -2.26. The molecule has 1 aromatic rings. The van der Waals surface area contributed by atoms with Crippen molar-refractivity contribution in [2.45, 2.75) is 13.3 Å². The zero-order valence-electron chi connectivity index (χ0n) is 11.6. The molecule has 1 N–H and O–H groups in total. The lowest BCUT2D eigenvalue weighted by molar-refractivity contribution is -0.254. The lowest BCUT2D eigenvalue weighted by atomic mass is 10.1. The summed E-state index contributed by atoms with van der Waals surface area (Å²) in [7, 11) is 0. The molecule has 0 atom stereocenters. The second-order valence-electron chi connectivity index (χ2n) is 4.37. The van der Waals surface area contributed by atoms with Crippen LogP contribution in [0.3, 0.4) is 0 Å². The predicted molar refractivity (Wildman–Crippen MR) is 71.5 cm³/mol. The molecule has 0 saturated heterocycles. The van der Waals surface area contributed by atoms with Gasteiger partial charge in [0, 0.05) is 24.7 Å². The topological polar surface area (TPSA) is 96.9 Å². The molecule has 21 heavy (non-hydrogen) atoms. The maximum absolute atomic E-state index is 11.7. The third kappa shape index (κ3) is 3.85. The molecule has 0 aromatic heterocycles. The summed E-state index contributed by atoms with van der Waals surface area (Å²) in [4.78, 5) is 22.9. The summed E-state index contributed by atoms with van der Waals surface area (Å²) >= 11 is 0. The molecule has 0 bridgehead atoms. The monoisotopic (exact) mass is 294 g/mol. The van der Waals surface area contributed by atoms with Crippen LogP contribution in [0, 0.1) is 0 Å². The Hall–Kier alpha value is -2.28. The predicted octanol–water partition coefficient (Wildman–Crippen LogP) is 0.186. The Morgan fingerprint density at radius 3 is 2.57 bits per heavy atom. The van der Waals surface area contributed by atoms with Crippen LogP contribution in [0.5, 0.6) is 11.5 Å². The van der Waals surface area contributed by atoms with Crippen molar-refractivity contribution >= 4 is 17.6 Å². The fourth-order valence-corrected chi connectivity index (χ4v) is 1.86. The summed E-state index contributed by atoms with van der Waals surface area (Å²) in [6.45, 7) is 2.90. The average molecular weight is 294 g/mol. The van der Waals surface area contributed by atoms with Crippen LogP contribution in [-0.2, 0) is 9.53 Å². The standard InChI is InChI=1S/C14H17NO6/c1-2-19-8-13(16)15-10-7-12-11(6-9(10)14(17)18)20-4-3-5-21-12/h6-7H,2-5,8H2,1H3,(H,15,16)(H,17,18)/p-1. The van der Waals surface area contributed by atoms with E-state index in [1.165, 1.54) is 12.1 Å². The first kappa shape index (κ1) is 15.1. The number of ether oxygens (including phenoxy) is 3. The normalized spacial score (nSPS) is 13.4. The summed E-state index contributed by atoms with van der Waals surface area (Å²) in [5.74, 6) is -1.13. The van der Waals surface area contributed by atoms with E-state index in [2.05, 4.69) is 5.32 Å². The van der Waals surface area contributed by atoms with Gasteiger partial charge in [0.2, 0.25) is 5.91 Å². The highest BCUT2D eigenvalue weighted by molar-refractivity contribution is 6.01. The number of anilines is 1. The number of benzene rings is 1. The van der Waals surface area contributed by atoms with Gasteiger partial charge in [-0.1, -0.05) is 0 Å². The fraction of sp³-hybridized carbons (Fsp3) is 0.429. The Bertz CT molecular complexity index is 543. The minimum atomic E-state index is -1.41. The maximum Gasteiger partial charge on any atom is 0.250 e. The summed E-state index contributed by atoms with van der Waals surface area (Å²) in [6, 6.07) is 2.72. The van der Waals surface area contributed by atoms with Crippen molar-refractivity contribution in [3.05, 3.63) is 17.7 Å². The molecule has 114 valence electrons. The van der Waals surface area contributed by atoms with E-state index in [-0.39, 0.29) is 17.9 Å². The molecule has 1 aliphatic rings. The molecule has 0 unspecified atom stereocenters. The number of carboxylic acid groups (broad SMARTS) is 1. The first-order valence-electron chi connectivity index (χ1n) is 6.64. The van der Waals surface area contributed by atoms with Gasteiger partial charge in [-0.15, -0.1) is 0 Å². The number of fused-ring (bicyclic) bond motifs is 1. The highest BCUT2D eigenvalue weighted by Gasteiger charge is 2.17. The molecule has 1 aromatic carbocycles. The van der Waals surface area contributed by atoms with E-state index in [0.29, 0.717) is 37.7 Å². The van der Waals surface area contributed by atoms with Crippen LogP contribution in [0.4, 0.5) is 5.69 Å². The van der Waals surface area contributed by atoms with Gasteiger partial charge in [-0.2, -0.15) is 0 Å². The maximum atomic E-state index is 11.7. The van der Waals surface area contributed by atoms with Gasteiger partial charge in [-0.3, -0.25) is 4.79 Å². The van der Waals surface area contributed by atoms with Crippen molar-refractivity contribution in [2.24, 2.45) is 0 Å². The van der Waals surface area contributed by atoms with E-state index in [9.17, 15) is 14.7 Å². The zero-order valence-corrected chi connectivity index (χ0v) is 11.6. The highest BCUT2D eigenvalue weighted by atomic mass is 16.5. The number of hydrogen-bond donors (Lipinski definition) is 1. The van der Waals surface area contributed by atoms with E-state index in [1.54, 1.807) is 6.92 Å². The van der Waals surface area contributed by atoms with Gasteiger partial charge >= 0.3 is 0 Å². The van der Waals surface area contributed by atoms with Crippen molar-refractivity contribution in [3.8, 4) is 11.5 Å². The SMILES string of the molecule is CCOCC(=O)Nc1cc2c(cc1C(=O)[O-])OCCCO2. The Balaban J connectivity index is 2.27. The van der Waals surface area contributed by atoms with Crippen LogP contribution in [0.25, 0.3) is 0 Å². The number of amides is 1. The van der Waals surface area contributed by atoms with E-state index in [1.807, 2.05) is 0 Å². The Morgan fingerprint density at radius 1 is 1.29 bits per heavy atom. The molecule has 7 heteroatoms. The lowest BCUT2D eigenvalue weighted by Gasteiger charge is -2.16. The van der Waals surface area contributed by atoms with Crippen molar-refractivity contribution in [3.63, 3.8) is 0 Å². The van der Waals surface area contributed by atoms with Gasteiger partial charge in [0.25, 0.3) is 0 Å². The molecular formula is C14H16NO6-. The van der Waals surface area contributed by atoms with Crippen LogP contribution >= 0.6 is 0 Å². The summed E-state index contributed by atoms with van der Waals surface area (Å²) in [5.41, 5.74) is -0.0620. The first-order valence-corrected chi connectivity index (χ1v) is 6.64. The molecule has 7 nitrogen and oxygen atoms in total. The molecule has 1 heterocycles. The number of nitrogens with one attached hydrogen (secondary N) is 1. The number of carbonyl (C=O) groups excluding carboxylic acids is 2. The Kier molecular flexibility index (Phi) is 4.99. The molecule has 0 fully saturated rings. The van der Waals surface area contributed by atoms with Crippen LogP contribution in [0.2, 0.25) is 0 Å². The van der Waals surface area contributed by atoms with Gasteiger partial charge in [-0.25, -0.2) is 0 Å². The van der Waals surface area contributed by atoms with Gasteiger partial charge in [0.05, 0.1) is 24.9 Å². The molecule has 1 amide bonds. The highest BCUT2D eigenvalue weighted by Crippen LogP contribution is 2.35. The molecule has 2 rings (SSSR count). The van der Waals surface area contributed by atoms with Crippen LogP contribution in [0.1, 0.15) is 23.7 Å². The van der Waals surface area contributed by atoms with E-state index >= 15 is 0 Å². The summed E-state index contributed by atoms with van der Waals surface area (Å²) in [5, 5.41) is 13.7. The van der Waals surface area contributed by atoms with Gasteiger partial charge < -0.3 is 29.4 Å². The second kappa shape index (κ2) is 6.94. The average Bonchev–Trinajstić information content (AvgIpc) is 2.68. The quantitative estimate of drug-likeness (QED) is 0.832. The number of carboxylic acids is 1. The van der Waals surface area contributed by atoms with Crippen molar-refractivity contribution in [1.29, 1.82) is 0 Å². The number of hydrogen-bond acceptors (Lipinski definition) is 6. The summed E-state index contributed by atoms with van der Waals surface area (Å²) in [6.07, 6.45) is 0.696. The van der Waals surface area contributed by atoms with Gasteiger partial charge in [0.15, 0.2) is 11.5 Å². The summed E-state index contributed by atoms with van der Waals surface area (Å²) < 4.78 is 15.8. The number of aromatic carboxylic acids is 1. The molecule has 0 aliphatic carbocycles. The molecule has 0 spiro atoms. The smallest absolute Gasteiger partial charge is 0.250 e. The van der Waals surface area contributed by atoms with Gasteiger partial charge in [0.1, 0.15) is 6.61 Å². The number of rotatable bonds is 5. The first-order chi connectivity index (χ1) is 10.1. The van der Waals surface area contributed by atoms with Crippen molar-refractivity contribution in [1.82, 2.24) is 0 Å². The van der Waals surface area contributed by atoms with E-state index in [4.69, 9.17) is 14.2 Å². The van der Waals surface area contributed by atoms with Crippen LogP contribution < -0.4 is 19.9 Å². The second-order valence-corrected chi connectivity index (χ2v) is 4.37. The minimum absolute atomic E-state index is 0.101. The number of carbonyl (C=O) groups is 2. The third-order valence-corrected chi connectivity index (χ3v) is 2.82. The largest absolute Gasteiger partial charge is 0.545 e. The van der Waals surface area contributed by atoms with Gasteiger partial charge in [-0.05, 0) is 13.0 Å². The molecular weight excluding hydrogens is 278 g/mol.